The van der Waals surface area contributed by atoms with Crippen LogP contribution in [-0.4, -0.2) is 43.3 Å². The fourth-order valence-corrected chi connectivity index (χ4v) is 3.94. The summed E-state index contributed by atoms with van der Waals surface area (Å²) in [6.45, 7) is 4.70. The van der Waals surface area contributed by atoms with Gasteiger partial charge in [-0.15, -0.1) is 0 Å². The molecule has 4 rings (SSSR count). The molecule has 1 aliphatic rings. The quantitative estimate of drug-likeness (QED) is 0.458. The molecule has 7 nitrogen and oxygen atoms in total. The lowest BCUT2D eigenvalue weighted by Crippen LogP contribution is -2.43. The average molecular weight is 488 g/mol. The molecular weight excluding hydrogens is 459 g/mol. The number of hydrogen-bond acceptors (Lipinski definition) is 7. The molecule has 0 aliphatic carbocycles. The summed E-state index contributed by atoms with van der Waals surface area (Å²) in [6.07, 6.45) is 3.92. The van der Waals surface area contributed by atoms with Crippen LogP contribution in [0.1, 0.15) is 24.5 Å². The first-order valence-corrected chi connectivity index (χ1v) is 11.5. The van der Waals surface area contributed by atoms with Crippen molar-refractivity contribution in [1.82, 2.24) is 15.3 Å². The Kier molecular flexibility index (Phi) is 7.91. The monoisotopic (exact) mass is 487 g/mol. The Morgan fingerprint density at radius 3 is 2.46 bits per heavy atom. The minimum Gasteiger partial charge on any atom is -0.494 e. The van der Waals surface area contributed by atoms with Gasteiger partial charge in [-0.25, -0.2) is 23.1 Å². The van der Waals surface area contributed by atoms with Crippen LogP contribution in [0, 0.1) is 17.5 Å². The number of halogens is 3. The number of aromatic nitrogens is 2. The molecule has 10 heteroatoms. The maximum Gasteiger partial charge on any atom is 0.227 e. The molecule has 2 aromatic carbocycles. The molecule has 0 atom stereocenters. The molecule has 0 saturated carbocycles. The zero-order valence-corrected chi connectivity index (χ0v) is 19.7. The zero-order valence-electron chi connectivity index (χ0n) is 19.7. The fourth-order valence-electron chi connectivity index (χ4n) is 3.94. The highest BCUT2D eigenvalue weighted by Crippen LogP contribution is 2.29. The average Bonchev–Trinajstić information content (AvgIpc) is 2.87. The topological polar surface area (TPSA) is 71.5 Å². The van der Waals surface area contributed by atoms with Gasteiger partial charge in [0.1, 0.15) is 18.2 Å². The van der Waals surface area contributed by atoms with Crippen molar-refractivity contribution in [1.29, 1.82) is 0 Å². The highest BCUT2D eigenvalue weighted by Gasteiger charge is 2.20. The lowest BCUT2D eigenvalue weighted by Gasteiger charge is -2.29. The second kappa shape index (κ2) is 11.3. The van der Waals surface area contributed by atoms with Crippen LogP contribution >= 0.6 is 0 Å². The maximum absolute atomic E-state index is 14.8. The van der Waals surface area contributed by atoms with Gasteiger partial charge in [-0.1, -0.05) is 13.3 Å². The predicted molar refractivity (Wildman–Crippen MR) is 128 cm³/mol. The van der Waals surface area contributed by atoms with E-state index in [1.807, 2.05) is 11.8 Å². The third-order valence-electron chi connectivity index (χ3n) is 5.75. The van der Waals surface area contributed by atoms with Crippen molar-refractivity contribution < 1.29 is 22.6 Å². The minimum atomic E-state index is -0.796. The molecule has 0 radical (unpaired) electrons. The Bertz CT molecular complexity index is 1150. The molecule has 0 unspecified atom stereocenters. The second-order valence-corrected chi connectivity index (χ2v) is 8.15. The van der Waals surface area contributed by atoms with E-state index in [1.165, 1.54) is 31.6 Å². The van der Waals surface area contributed by atoms with Crippen molar-refractivity contribution in [3.05, 3.63) is 65.2 Å². The van der Waals surface area contributed by atoms with Crippen LogP contribution in [0.2, 0.25) is 0 Å². The second-order valence-electron chi connectivity index (χ2n) is 8.15. The van der Waals surface area contributed by atoms with Gasteiger partial charge < -0.3 is 25.0 Å². The van der Waals surface area contributed by atoms with Crippen molar-refractivity contribution >= 4 is 17.3 Å². The molecule has 1 fully saturated rings. The highest BCUT2D eigenvalue weighted by atomic mass is 19.1. The summed E-state index contributed by atoms with van der Waals surface area (Å²) >= 11 is 0. The van der Waals surface area contributed by atoms with Gasteiger partial charge in [0.15, 0.2) is 17.3 Å². The third kappa shape index (κ3) is 5.76. The molecule has 1 saturated heterocycles. The van der Waals surface area contributed by atoms with Crippen molar-refractivity contribution in [2.45, 2.75) is 26.4 Å². The van der Waals surface area contributed by atoms with Crippen LogP contribution in [0.5, 0.6) is 11.5 Å². The van der Waals surface area contributed by atoms with Gasteiger partial charge >= 0.3 is 0 Å². The number of nitrogens with one attached hydrogen (secondary N) is 2. The Morgan fingerprint density at radius 1 is 1.06 bits per heavy atom. The Labute approximate surface area is 202 Å². The van der Waals surface area contributed by atoms with Crippen molar-refractivity contribution in [3.8, 4) is 11.5 Å². The molecule has 35 heavy (non-hydrogen) atoms. The molecule has 2 N–H and O–H groups in total. The third-order valence-corrected chi connectivity index (χ3v) is 5.75. The Balaban J connectivity index is 1.41. The number of piperazine rings is 1. The zero-order chi connectivity index (χ0) is 24.8. The Hall–Kier alpha value is -3.53. The molecular formula is C25H28F3N5O2. The van der Waals surface area contributed by atoms with Gasteiger partial charge in [0, 0.05) is 31.9 Å². The van der Waals surface area contributed by atoms with E-state index in [2.05, 4.69) is 20.6 Å². The first kappa shape index (κ1) is 24.6. The number of nitrogens with zero attached hydrogens (tertiary/aromatic N) is 3. The summed E-state index contributed by atoms with van der Waals surface area (Å²) in [5, 5.41) is 6.19. The predicted octanol–water partition coefficient (Wildman–Crippen LogP) is 4.59. The van der Waals surface area contributed by atoms with Crippen LogP contribution in [0.25, 0.3) is 0 Å². The van der Waals surface area contributed by atoms with E-state index in [-0.39, 0.29) is 35.4 Å². The number of methoxy groups -OCH3 is 1. The lowest BCUT2D eigenvalue weighted by molar-refractivity contribution is 0.285. The number of aryl methyl sites for hydroxylation is 1. The summed E-state index contributed by atoms with van der Waals surface area (Å²) in [6, 6.07) is 6.26. The van der Waals surface area contributed by atoms with Crippen molar-refractivity contribution in [3.63, 3.8) is 0 Å². The largest absolute Gasteiger partial charge is 0.494 e. The number of hydrogen-bond donors (Lipinski definition) is 2. The van der Waals surface area contributed by atoms with Crippen molar-refractivity contribution in [2.24, 2.45) is 0 Å². The number of ether oxygens (including phenoxy) is 2. The van der Waals surface area contributed by atoms with Crippen molar-refractivity contribution in [2.75, 3.05) is 43.5 Å². The number of rotatable bonds is 9. The van der Waals surface area contributed by atoms with Crippen LogP contribution in [0.15, 0.2) is 36.7 Å². The molecule has 186 valence electrons. The maximum atomic E-state index is 14.8. The van der Waals surface area contributed by atoms with E-state index in [1.54, 1.807) is 12.1 Å². The van der Waals surface area contributed by atoms with E-state index in [4.69, 9.17) is 9.47 Å². The van der Waals surface area contributed by atoms with E-state index >= 15 is 0 Å². The molecule has 3 aromatic rings. The van der Waals surface area contributed by atoms with E-state index in [9.17, 15) is 13.2 Å². The van der Waals surface area contributed by atoms with Gasteiger partial charge in [-0.05, 0) is 36.2 Å². The highest BCUT2D eigenvalue weighted by molar-refractivity contribution is 5.60. The lowest BCUT2D eigenvalue weighted by atomic mass is 10.0. The number of benzene rings is 2. The normalized spacial score (nSPS) is 13.6. The van der Waals surface area contributed by atoms with Gasteiger partial charge in [0.25, 0.3) is 0 Å². The summed E-state index contributed by atoms with van der Waals surface area (Å²) in [5.41, 5.74) is 1.21. The Morgan fingerprint density at radius 2 is 1.80 bits per heavy atom. The van der Waals surface area contributed by atoms with Gasteiger partial charge in [0.05, 0.1) is 30.8 Å². The SMILES string of the molecule is CCCc1cc(OC)c(F)c(COc2cnc(Nc3ccc(N4CCNCC4)c(F)c3)nc2)c1F. The smallest absolute Gasteiger partial charge is 0.227 e. The summed E-state index contributed by atoms with van der Waals surface area (Å²) in [4.78, 5) is 10.3. The van der Waals surface area contributed by atoms with E-state index < -0.39 is 11.6 Å². The fraction of sp³-hybridized carbons (Fsp3) is 0.360. The summed E-state index contributed by atoms with van der Waals surface area (Å²) < 4.78 is 54.6. The number of anilines is 3. The minimum absolute atomic E-state index is 0.0283. The standard InChI is InChI=1S/C25H28F3N5O2/c1-3-4-16-11-22(34-2)24(28)19(23(16)27)15-35-18-13-30-25(31-14-18)32-17-5-6-21(20(26)12-17)33-9-7-29-8-10-33/h5-6,11-14,29H,3-4,7-10,15H2,1-2H3,(H,30,31,32). The van der Waals surface area contributed by atoms with Crippen LogP contribution < -0.4 is 25.0 Å². The molecule has 2 heterocycles. The van der Waals surface area contributed by atoms with E-state index in [0.29, 0.717) is 29.8 Å². The molecule has 1 aromatic heterocycles. The van der Waals surface area contributed by atoms with Gasteiger partial charge in [-0.3, -0.25) is 0 Å². The molecule has 0 spiro atoms. The first-order chi connectivity index (χ1) is 17.0. The van der Waals surface area contributed by atoms with Crippen LogP contribution in [0.3, 0.4) is 0 Å². The van der Waals surface area contributed by atoms with E-state index in [0.717, 1.165) is 26.2 Å². The van der Waals surface area contributed by atoms with Gasteiger partial charge in [-0.2, -0.15) is 0 Å². The summed E-state index contributed by atoms with van der Waals surface area (Å²) in [5.74, 6) is -1.34. The molecule has 0 amide bonds. The van der Waals surface area contributed by atoms with Crippen LogP contribution in [0.4, 0.5) is 30.5 Å². The first-order valence-electron chi connectivity index (χ1n) is 11.5. The summed E-state index contributed by atoms with van der Waals surface area (Å²) in [7, 11) is 1.33. The molecule has 0 bridgehead atoms. The van der Waals surface area contributed by atoms with Crippen LogP contribution in [-0.2, 0) is 13.0 Å². The molecule has 1 aliphatic heterocycles. The van der Waals surface area contributed by atoms with Gasteiger partial charge in [0.2, 0.25) is 5.95 Å².